The lowest BCUT2D eigenvalue weighted by Gasteiger charge is -2.57. The van der Waals surface area contributed by atoms with Crippen molar-refractivity contribution in [1.82, 2.24) is 30.7 Å². The molecular formula is C17H34N6O. The molecule has 0 aromatic heterocycles. The lowest BCUT2D eigenvalue weighted by molar-refractivity contribution is -0.150. The van der Waals surface area contributed by atoms with Gasteiger partial charge in [0.05, 0.1) is 13.2 Å². The lowest BCUT2D eigenvalue weighted by Crippen LogP contribution is -2.81. The van der Waals surface area contributed by atoms with Crippen molar-refractivity contribution in [2.75, 3.05) is 78.7 Å². The minimum atomic E-state index is -0.0769. The molecule has 0 aromatic rings. The van der Waals surface area contributed by atoms with E-state index in [2.05, 4.69) is 30.7 Å². The van der Waals surface area contributed by atoms with Gasteiger partial charge in [0.25, 0.3) is 0 Å². The zero-order valence-electron chi connectivity index (χ0n) is 14.9. The first-order valence-corrected chi connectivity index (χ1v) is 9.92. The summed E-state index contributed by atoms with van der Waals surface area (Å²) in [6.45, 7) is 12.8. The Morgan fingerprint density at radius 1 is 0.750 bits per heavy atom. The molecule has 4 heterocycles. The Labute approximate surface area is 146 Å². The maximum absolute atomic E-state index is 5.63. The summed E-state index contributed by atoms with van der Waals surface area (Å²) in [7, 11) is 0. The Morgan fingerprint density at radius 2 is 1.46 bits per heavy atom. The summed E-state index contributed by atoms with van der Waals surface area (Å²) in [6.07, 6.45) is 4.18. The van der Waals surface area contributed by atoms with Crippen LogP contribution in [-0.2, 0) is 4.74 Å². The SMILES string of the molecule is C1CNC(N2CCOCC2)C(N2CCCC2)(N2CCNCC2)NC1. The number of likely N-dealkylation sites (tertiary alicyclic amines) is 1. The molecular weight excluding hydrogens is 304 g/mol. The molecule has 0 spiro atoms. The second kappa shape index (κ2) is 7.95. The molecule has 0 bridgehead atoms. The number of piperazine rings is 1. The van der Waals surface area contributed by atoms with E-state index in [-0.39, 0.29) is 5.79 Å². The van der Waals surface area contributed by atoms with E-state index in [1.54, 1.807) is 0 Å². The van der Waals surface area contributed by atoms with Crippen molar-refractivity contribution in [1.29, 1.82) is 0 Å². The van der Waals surface area contributed by atoms with E-state index in [1.807, 2.05) is 0 Å². The molecule has 3 N–H and O–H groups in total. The molecule has 4 fully saturated rings. The molecule has 4 aliphatic rings. The van der Waals surface area contributed by atoms with Crippen LogP contribution in [0.25, 0.3) is 0 Å². The Morgan fingerprint density at radius 3 is 2.21 bits per heavy atom. The van der Waals surface area contributed by atoms with Gasteiger partial charge in [0.2, 0.25) is 0 Å². The molecule has 7 heteroatoms. The normalized spacial score (nSPS) is 38.2. The van der Waals surface area contributed by atoms with Crippen LogP contribution in [-0.4, -0.2) is 105 Å². The molecule has 0 aliphatic carbocycles. The first kappa shape index (κ1) is 17.1. The second-order valence-corrected chi connectivity index (χ2v) is 7.44. The van der Waals surface area contributed by atoms with Gasteiger partial charge in [0, 0.05) is 52.4 Å². The topological polar surface area (TPSA) is 55.0 Å². The van der Waals surface area contributed by atoms with Gasteiger partial charge < -0.3 is 10.1 Å². The standard InChI is InChI=1S/C17H34N6O/c1-2-9-22(8-1)17(23-10-6-18-7-11-23)16(19-4-3-5-20-17)21-12-14-24-15-13-21/h16,18-20H,1-15H2. The zero-order valence-corrected chi connectivity index (χ0v) is 14.9. The van der Waals surface area contributed by atoms with Crippen molar-refractivity contribution in [2.45, 2.75) is 31.2 Å². The molecule has 24 heavy (non-hydrogen) atoms. The highest BCUT2D eigenvalue weighted by atomic mass is 16.5. The summed E-state index contributed by atoms with van der Waals surface area (Å²) in [5.41, 5.74) is 0. The third kappa shape index (κ3) is 3.23. The van der Waals surface area contributed by atoms with Gasteiger partial charge in [-0.25, -0.2) is 0 Å². The van der Waals surface area contributed by atoms with Crippen LogP contribution in [0.5, 0.6) is 0 Å². The van der Waals surface area contributed by atoms with Gasteiger partial charge in [-0.15, -0.1) is 0 Å². The van der Waals surface area contributed by atoms with Crippen LogP contribution in [0.15, 0.2) is 0 Å². The average molecular weight is 339 g/mol. The number of nitrogens with one attached hydrogen (secondary N) is 3. The van der Waals surface area contributed by atoms with Gasteiger partial charge in [-0.2, -0.15) is 0 Å². The Kier molecular flexibility index (Phi) is 5.68. The minimum absolute atomic E-state index is 0.0769. The number of hydrogen-bond donors (Lipinski definition) is 3. The summed E-state index contributed by atoms with van der Waals surface area (Å²) < 4.78 is 5.63. The van der Waals surface area contributed by atoms with Crippen LogP contribution >= 0.6 is 0 Å². The summed E-state index contributed by atoms with van der Waals surface area (Å²) in [6, 6.07) is 0. The van der Waals surface area contributed by atoms with Crippen LogP contribution in [0.3, 0.4) is 0 Å². The maximum Gasteiger partial charge on any atom is 0.158 e. The molecule has 4 rings (SSSR count). The van der Waals surface area contributed by atoms with Gasteiger partial charge in [-0.3, -0.25) is 25.3 Å². The molecule has 0 amide bonds. The summed E-state index contributed by atoms with van der Waals surface area (Å²) in [4.78, 5) is 8.08. The maximum atomic E-state index is 5.63. The zero-order chi connectivity index (χ0) is 16.2. The van der Waals surface area contributed by atoms with Crippen molar-refractivity contribution in [2.24, 2.45) is 0 Å². The van der Waals surface area contributed by atoms with E-state index in [1.165, 1.54) is 32.4 Å². The third-order valence-electron chi connectivity index (χ3n) is 6.06. The van der Waals surface area contributed by atoms with Gasteiger partial charge in [0.15, 0.2) is 5.79 Å². The lowest BCUT2D eigenvalue weighted by atomic mass is 10.1. The van der Waals surface area contributed by atoms with E-state index in [9.17, 15) is 0 Å². The van der Waals surface area contributed by atoms with E-state index in [0.717, 1.165) is 65.6 Å². The Balaban J connectivity index is 1.67. The monoisotopic (exact) mass is 338 g/mol. The van der Waals surface area contributed by atoms with Crippen LogP contribution < -0.4 is 16.0 Å². The molecule has 4 saturated heterocycles. The Bertz CT molecular complexity index is 393. The van der Waals surface area contributed by atoms with Crippen LogP contribution in [0.4, 0.5) is 0 Å². The summed E-state index contributed by atoms with van der Waals surface area (Å²) in [5.74, 6) is -0.0769. The highest BCUT2D eigenvalue weighted by Crippen LogP contribution is 2.30. The quantitative estimate of drug-likeness (QED) is 0.603. The van der Waals surface area contributed by atoms with Gasteiger partial charge in [0.1, 0.15) is 6.17 Å². The van der Waals surface area contributed by atoms with Crippen molar-refractivity contribution in [3.8, 4) is 0 Å². The van der Waals surface area contributed by atoms with Gasteiger partial charge in [-0.05, 0) is 32.4 Å². The van der Waals surface area contributed by atoms with E-state index >= 15 is 0 Å². The van der Waals surface area contributed by atoms with Crippen LogP contribution in [0, 0.1) is 0 Å². The van der Waals surface area contributed by atoms with Crippen LogP contribution in [0.2, 0.25) is 0 Å². The molecule has 0 aromatic carbocycles. The van der Waals surface area contributed by atoms with Crippen molar-refractivity contribution in [3.63, 3.8) is 0 Å². The molecule has 7 nitrogen and oxygen atoms in total. The number of hydrogen-bond acceptors (Lipinski definition) is 7. The molecule has 2 unspecified atom stereocenters. The first-order chi connectivity index (χ1) is 11.9. The molecule has 0 radical (unpaired) electrons. The summed E-state index contributed by atoms with van der Waals surface area (Å²) in [5, 5.41) is 11.5. The van der Waals surface area contributed by atoms with Crippen molar-refractivity contribution in [3.05, 3.63) is 0 Å². The van der Waals surface area contributed by atoms with Crippen LogP contribution in [0.1, 0.15) is 19.3 Å². The van der Waals surface area contributed by atoms with Crippen molar-refractivity contribution < 1.29 is 4.74 Å². The number of rotatable bonds is 3. The number of ether oxygens (including phenoxy) is 1. The van der Waals surface area contributed by atoms with E-state index in [0.29, 0.717) is 6.17 Å². The fourth-order valence-corrected chi connectivity index (χ4v) is 4.89. The highest BCUT2D eigenvalue weighted by Gasteiger charge is 2.52. The smallest absolute Gasteiger partial charge is 0.158 e. The largest absolute Gasteiger partial charge is 0.379 e. The average Bonchev–Trinajstić information content (AvgIpc) is 3.10. The Hall–Kier alpha value is -0.280. The fourth-order valence-electron chi connectivity index (χ4n) is 4.89. The molecule has 2 atom stereocenters. The highest BCUT2D eigenvalue weighted by molar-refractivity contribution is 5.02. The summed E-state index contributed by atoms with van der Waals surface area (Å²) >= 11 is 0. The molecule has 4 aliphatic heterocycles. The molecule has 0 saturated carbocycles. The predicted octanol–water partition coefficient (Wildman–Crippen LogP) is -1.12. The second-order valence-electron chi connectivity index (χ2n) is 7.44. The van der Waals surface area contributed by atoms with Gasteiger partial charge in [-0.1, -0.05) is 0 Å². The number of nitrogens with zero attached hydrogens (tertiary/aromatic N) is 3. The third-order valence-corrected chi connectivity index (χ3v) is 6.06. The predicted molar refractivity (Wildman–Crippen MR) is 94.8 cm³/mol. The van der Waals surface area contributed by atoms with E-state index < -0.39 is 0 Å². The van der Waals surface area contributed by atoms with Crippen molar-refractivity contribution >= 4 is 0 Å². The fraction of sp³-hybridized carbons (Fsp3) is 1.00. The minimum Gasteiger partial charge on any atom is -0.379 e. The number of morpholine rings is 1. The van der Waals surface area contributed by atoms with Gasteiger partial charge >= 0.3 is 0 Å². The molecule has 138 valence electrons. The van der Waals surface area contributed by atoms with E-state index in [4.69, 9.17) is 4.74 Å². The first-order valence-electron chi connectivity index (χ1n) is 9.92.